The van der Waals surface area contributed by atoms with E-state index in [4.69, 9.17) is 5.11 Å². The molecule has 0 fully saturated rings. The number of thiazole rings is 1. The third-order valence-corrected chi connectivity index (χ3v) is 2.94. The summed E-state index contributed by atoms with van der Waals surface area (Å²) in [5, 5.41) is 16.6. The molecular weight excluding hydrogens is 240 g/mol. The van der Waals surface area contributed by atoms with Crippen molar-refractivity contribution in [3.63, 3.8) is 0 Å². The molecule has 0 amide bonds. The molecule has 0 spiro atoms. The van der Waals surface area contributed by atoms with E-state index in [0.29, 0.717) is 18.1 Å². The van der Waals surface area contributed by atoms with Gasteiger partial charge in [0.25, 0.3) is 0 Å². The van der Waals surface area contributed by atoms with Gasteiger partial charge < -0.3 is 10.4 Å². The first kappa shape index (κ1) is 11.6. The van der Waals surface area contributed by atoms with Gasteiger partial charge in [-0.3, -0.25) is 4.68 Å². The van der Waals surface area contributed by atoms with Crippen LogP contribution in [0.25, 0.3) is 0 Å². The summed E-state index contributed by atoms with van der Waals surface area (Å²) in [5.74, 6) is -1.01. The molecule has 0 bridgehead atoms. The third-order valence-electron chi connectivity index (χ3n) is 2.16. The van der Waals surface area contributed by atoms with Crippen LogP contribution in [-0.4, -0.2) is 32.4 Å². The van der Waals surface area contributed by atoms with Gasteiger partial charge in [-0.2, -0.15) is 5.10 Å². The summed E-state index contributed by atoms with van der Waals surface area (Å²) < 4.78 is 1.81. The lowest BCUT2D eigenvalue weighted by Gasteiger charge is -2.04. The average Bonchev–Trinajstić information content (AvgIpc) is 2.87. The molecule has 0 radical (unpaired) electrons. The lowest BCUT2D eigenvalue weighted by molar-refractivity contribution is 0.0692. The van der Waals surface area contributed by atoms with Gasteiger partial charge in [0.05, 0.1) is 18.3 Å². The molecule has 2 N–H and O–H groups in total. The first-order chi connectivity index (χ1) is 8.16. The Morgan fingerprint density at radius 3 is 3.12 bits per heavy atom. The van der Waals surface area contributed by atoms with E-state index in [1.54, 1.807) is 6.20 Å². The van der Waals surface area contributed by atoms with Gasteiger partial charge in [0.15, 0.2) is 5.69 Å². The number of carboxylic acid groups (broad SMARTS) is 1. The van der Waals surface area contributed by atoms with E-state index < -0.39 is 5.97 Å². The molecule has 17 heavy (non-hydrogen) atoms. The van der Waals surface area contributed by atoms with E-state index in [2.05, 4.69) is 15.4 Å². The maximum absolute atomic E-state index is 10.8. The number of hydrogen-bond donors (Lipinski definition) is 2. The maximum atomic E-state index is 10.8. The number of hydrogen-bond acceptors (Lipinski definition) is 5. The quantitative estimate of drug-likeness (QED) is 0.842. The molecule has 0 saturated heterocycles. The Morgan fingerprint density at radius 1 is 1.65 bits per heavy atom. The topological polar surface area (TPSA) is 80.0 Å². The molecule has 0 aromatic carbocycles. The van der Waals surface area contributed by atoms with Gasteiger partial charge in [-0.1, -0.05) is 0 Å². The first-order valence-electron chi connectivity index (χ1n) is 5.06. The van der Waals surface area contributed by atoms with Gasteiger partial charge in [-0.15, -0.1) is 11.3 Å². The van der Waals surface area contributed by atoms with Crippen molar-refractivity contribution in [2.45, 2.75) is 13.5 Å². The second-order valence-corrected chi connectivity index (χ2v) is 4.40. The van der Waals surface area contributed by atoms with E-state index >= 15 is 0 Å². The fourth-order valence-electron chi connectivity index (χ4n) is 1.40. The van der Waals surface area contributed by atoms with E-state index in [0.717, 1.165) is 5.56 Å². The zero-order valence-corrected chi connectivity index (χ0v) is 10.1. The average molecular weight is 252 g/mol. The Kier molecular flexibility index (Phi) is 3.38. The third kappa shape index (κ3) is 2.82. The molecule has 6 nitrogen and oxygen atoms in total. The van der Waals surface area contributed by atoms with Crippen molar-refractivity contribution in [3.05, 3.63) is 29.2 Å². The molecular formula is C10H12N4O2S. The monoisotopic (exact) mass is 252 g/mol. The summed E-state index contributed by atoms with van der Waals surface area (Å²) in [6.07, 6.45) is 3.72. The van der Waals surface area contributed by atoms with Gasteiger partial charge in [-0.05, 0) is 12.5 Å². The van der Waals surface area contributed by atoms with Crippen molar-refractivity contribution in [2.75, 3.05) is 11.9 Å². The second-order valence-electron chi connectivity index (χ2n) is 3.54. The Balaban J connectivity index is 1.90. The SMILES string of the molecule is Cc1cnn(CCNc2scnc2C(=O)O)c1. The normalized spacial score (nSPS) is 10.4. The van der Waals surface area contributed by atoms with Crippen molar-refractivity contribution in [1.82, 2.24) is 14.8 Å². The van der Waals surface area contributed by atoms with Crippen LogP contribution in [0.2, 0.25) is 0 Å². The number of anilines is 1. The minimum Gasteiger partial charge on any atom is -0.476 e. The highest BCUT2D eigenvalue weighted by atomic mass is 32.1. The van der Waals surface area contributed by atoms with Crippen LogP contribution < -0.4 is 5.32 Å². The van der Waals surface area contributed by atoms with Gasteiger partial charge in [0.2, 0.25) is 0 Å². The Hall–Kier alpha value is -1.89. The van der Waals surface area contributed by atoms with Crippen LogP contribution in [0.4, 0.5) is 5.00 Å². The molecule has 0 aliphatic heterocycles. The summed E-state index contributed by atoms with van der Waals surface area (Å²) in [4.78, 5) is 14.6. The highest BCUT2D eigenvalue weighted by Crippen LogP contribution is 2.19. The van der Waals surface area contributed by atoms with Crippen molar-refractivity contribution < 1.29 is 9.90 Å². The van der Waals surface area contributed by atoms with Crippen LogP contribution in [0, 0.1) is 6.92 Å². The number of nitrogens with one attached hydrogen (secondary N) is 1. The Bertz CT molecular complexity index is 520. The molecule has 2 rings (SSSR count). The number of rotatable bonds is 5. The van der Waals surface area contributed by atoms with Crippen molar-refractivity contribution in [1.29, 1.82) is 0 Å². The summed E-state index contributed by atoms with van der Waals surface area (Å²) in [6, 6.07) is 0. The van der Waals surface area contributed by atoms with Crippen LogP contribution in [0.15, 0.2) is 17.9 Å². The molecule has 2 aromatic heterocycles. The van der Waals surface area contributed by atoms with Gasteiger partial charge in [-0.25, -0.2) is 9.78 Å². The largest absolute Gasteiger partial charge is 0.476 e. The van der Waals surface area contributed by atoms with Crippen LogP contribution in [-0.2, 0) is 6.54 Å². The maximum Gasteiger partial charge on any atom is 0.357 e. The fraction of sp³-hybridized carbons (Fsp3) is 0.300. The summed E-state index contributed by atoms with van der Waals surface area (Å²) in [5.41, 5.74) is 2.70. The van der Waals surface area contributed by atoms with Gasteiger partial charge in [0, 0.05) is 12.7 Å². The predicted molar refractivity (Wildman–Crippen MR) is 64.5 cm³/mol. The fourth-order valence-corrected chi connectivity index (χ4v) is 2.10. The molecule has 90 valence electrons. The van der Waals surface area contributed by atoms with Gasteiger partial charge >= 0.3 is 5.97 Å². The van der Waals surface area contributed by atoms with Crippen LogP contribution in [0.3, 0.4) is 0 Å². The molecule has 0 aliphatic carbocycles. The van der Waals surface area contributed by atoms with Crippen LogP contribution in [0.5, 0.6) is 0 Å². The summed E-state index contributed by atoms with van der Waals surface area (Å²) >= 11 is 1.29. The van der Waals surface area contributed by atoms with E-state index in [9.17, 15) is 4.79 Å². The zero-order valence-electron chi connectivity index (χ0n) is 9.25. The highest BCUT2D eigenvalue weighted by molar-refractivity contribution is 7.14. The minimum atomic E-state index is -1.01. The van der Waals surface area contributed by atoms with Gasteiger partial charge in [0.1, 0.15) is 5.00 Å². The van der Waals surface area contributed by atoms with E-state index in [1.165, 1.54) is 16.8 Å². The smallest absolute Gasteiger partial charge is 0.357 e. The zero-order chi connectivity index (χ0) is 12.3. The first-order valence-corrected chi connectivity index (χ1v) is 5.94. The minimum absolute atomic E-state index is 0.0756. The lowest BCUT2D eigenvalue weighted by atomic mass is 10.4. The van der Waals surface area contributed by atoms with Crippen molar-refractivity contribution >= 4 is 22.3 Å². The number of carboxylic acids is 1. The predicted octanol–water partition coefficient (Wildman–Crippen LogP) is 1.46. The highest BCUT2D eigenvalue weighted by Gasteiger charge is 2.12. The Morgan fingerprint density at radius 2 is 2.47 bits per heavy atom. The van der Waals surface area contributed by atoms with E-state index in [-0.39, 0.29) is 5.69 Å². The number of carbonyl (C=O) groups is 1. The molecule has 0 saturated carbocycles. The number of aromatic nitrogens is 3. The number of aromatic carboxylic acids is 1. The molecule has 2 heterocycles. The summed E-state index contributed by atoms with van der Waals surface area (Å²) in [6.45, 7) is 3.27. The molecule has 2 aromatic rings. The second kappa shape index (κ2) is 4.96. The molecule has 7 heteroatoms. The molecule has 0 atom stereocenters. The summed E-state index contributed by atoms with van der Waals surface area (Å²) in [7, 11) is 0. The molecule has 0 unspecified atom stereocenters. The Labute approximate surface area is 102 Å². The van der Waals surface area contributed by atoms with Crippen LogP contribution >= 0.6 is 11.3 Å². The lowest BCUT2D eigenvalue weighted by Crippen LogP contribution is -2.12. The van der Waals surface area contributed by atoms with Crippen molar-refractivity contribution in [2.24, 2.45) is 0 Å². The standard InChI is InChI=1S/C10H12N4O2S/c1-7-4-13-14(5-7)3-2-11-9-8(10(15)16)12-6-17-9/h4-6,11H,2-3H2,1H3,(H,15,16). The van der Waals surface area contributed by atoms with E-state index in [1.807, 2.05) is 17.8 Å². The molecule has 0 aliphatic rings. The number of nitrogens with zero attached hydrogens (tertiary/aromatic N) is 3. The van der Waals surface area contributed by atoms with Crippen LogP contribution in [0.1, 0.15) is 16.1 Å². The number of aryl methyl sites for hydroxylation is 1. The van der Waals surface area contributed by atoms with Crippen molar-refractivity contribution in [3.8, 4) is 0 Å².